The maximum absolute atomic E-state index is 5.57. The monoisotopic (exact) mass is 225 g/mol. The van der Waals surface area contributed by atoms with Crippen LogP contribution in [0.1, 0.15) is 25.7 Å². The van der Waals surface area contributed by atoms with Crippen molar-refractivity contribution < 1.29 is 9.47 Å². The van der Waals surface area contributed by atoms with Crippen LogP contribution in [0.25, 0.3) is 0 Å². The maximum atomic E-state index is 5.57. The highest BCUT2D eigenvalue weighted by Crippen LogP contribution is 2.48. The molecule has 92 valence electrons. The van der Waals surface area contributed by atoms with E-state index in [-0.39, 0.29) is 0 Å². The van der Waals surface area contributed by atoms with Crippen molar-refractivity contribution in [2.24, 2.45) is 10.8 Å². The summed E-state index contributed by atoms with van der Waals surface area (Å²) in [6.45, 7) is 6.72. The van der Waals surface area contributed by atoms with E-state index in [4.69, 9.17) is 9.47 Å². The molecule has 1 aliphatic carbocycles. The molecule has 0 bridgehead atoms. The van der Waals surface area contributed by atoms with Gasteiger partial charge < -0.3 is 14.4 Å². The maximum Gasteiger partial charge on any atom is 0.0536 e. The lowest BCUT2D eigenvalue weighted by Gasteiger charge is -2.25. The zero-order valence-electron chi connectivity index (χ0n) is 10.3. The minimum atomic E-state index is 0.514. The first-order valence-electron chi connectivity index (χ1n) is 6.55. The molecule has 3 heteroatoms. The van der Waals surface area contributed by atoms with Crippen molar-refractivity contribution in [2.45, 2.75) is 25.7 Å². The zero-order chi connectivity index (χ0) is 11.1. The van der Waals surface area contributed by atoms with Gasteiger partial charge in [-0.25, -0.2) is 0 Å². The molecule has 3 aliphatic rings. The Morgan fingerprint density at radius 1 is 1.25 bits per heavy atom. The number of nitrogens with zero attached hydrogens (tertiary/aromatic N) is 1. The molecule has 1 atom stereocenters. The Bertz CT molecular complexity index is 257. The summed E-state index contributed by atoms with van der Waals surface area (Å²) in [5.41, 5.74) is 1.03. The van der Waals surface area contributed by atoms with Crippen molar-refractivity contribution in [1.29, 1.82) is 0 Å². The molecule has 2 heterocycles. The summed E-state index contributed by atoms with van der Waals surface area (Å²) in [5, 5.41) is 0. The molecule has 1 unspecified atom stereocenters. The molecule has 0 N–H and O–H groups in total. The van der Waals surface area contributed by atoms with E-state index in [2.05, 4.69) is 4.90 Å². The van der Waals surface area contributed by atoms with Crippen LogP contribution in [0.5, 0.6) is 0 Å². The molecule has 0 aromatic carbocycles. The quantitative estimate of drug-likeness (QED) is 0.724. The van der Waals surface area contributed by atoms with Crippen LogP contribution in [-0.2, 0) is 9.47 Å². The third-order valence-electron chi connectivity index (χ3n) is 4.67. The Morgan fingerprint density at radius 2 is 2.12 bits per heavy atom. The lowest BCUT2D eigenvalue weighted by molar-refractivity contribution is 0.108. The predicted octanol–water partition coefficient (Wildman–Crippen LogP) is 1.53. The van der Waals surface area contributed by atoms with Gasteiger partial charge >= 0.3 is 0 Å². The molecular formula is C13H23NO2. The molecule has 3 rings (SSSR count). The van der Waals surface area contributed by atoms with Gasteiger partial charge in [0.2, 0.25) is 0 Å². The van der Waals surface area contributed by atoms with E-state index < -0.39 is 0 Å². The third kappa shape index (κ3) is 2.01. The number of methoxy groups -OCH3 is 1. The summed E-state index contributed by atoms with van der Waals surface area (Å²) in [4.78, 5) is 2.65. The first-order chi connectivity index (χ1) is 7.76. The average Bonchev–Trinajstić information content (AvgIpc) is 2.75. The number of hydrogen-bond acceptors (Lipinski definition) is 3. The Hall–Kier alpha value is -0.120. The zero-order valence-corrected chi connectivity index (χ0v) is 10.3. The van der Waals surface area contributed by atoms with Crippen molar-refractivity contribution in [2.75, 3.05) is 46.6 Å². The Morgan fingerprint density at radius 3 is 2.75 bits per heavy atom. The van der Waals surface area contributed by atoms with E-state index in [9.17, 15) is 0 Å². The number of likely N-dealkylation sites (tertiary alicyclic amines) is 1. The smallest absolute Gasteiger partial charge is 0.0536 e. The normalized spacial score (nSPS) is 37.3. The van der Waals surface area contributed by atoms with E-state index in [1.165, 1.54) is 45.3 Å². The minimum Gasteiger partial charge on any atom is -0.384 e. The van der Waals surface area contributed by atoms with Crippen molar-refractivity contribution in [1.82, 2.24) is 4.90 Å². The van der Waals surface area contributed by atoms with Crippen LogP contribution in [0.3, 0.4) is 0 Å². The van der Waals surface area contributed by atoms with Gasteiger partial charge in [0.15, 0.2) is 0 Å². The first kappa shape index (κ1) is 11.0. The number of hydrogen-bond donors (Lipinski definition) is 0. The van der Waals surface area contributed by atoms with Crippen molar-refractivity contribution in [3.63, 3.8) is 0 Å². The van der Waals surface area contributed by atoms with E-state index in [0.717, 1.165) is 19.8 Å². The molecule has 1 spiro atoms. The summed E-state index contributed by atoms with van der Waals surface area (Å²) >= 11 is 0. The van der Waals surface area contributed by atoms with Crippen LogP contribution in [-0.4, -0.2) is 51.5 Å². The Kier molecular flexibility index (Phi) is 2.73. The largest absolute Gasteiger partial charge is 0.384 e. The van der Waals surface area contributed by atoms with Crippen molar-refractivity contribution >= 4 is 0 Å². The fourth-order valence-electron chi connectivity index (χ4n) is 3.44. The molecule has 3 nitrogen and oxygen atoms in total. The molecule has 0 aromatic rings. The number of ether oxygens (including phenoxy) is 2. The van der Waals surface area contributed by atoms with Crippen LogP contribution in [0, 0.1) is 10.8 Å². The summed E-state index contributed by atoms with van der Waals surface area (Å²) in [6, 6.07) is 0. The van der Waals surface area contributed by atoms with Crippen LogP contribution >= 0.6 is 0 Å². The molecule has 3 fully saturated rings. The highest BCUT2D eigenvalue weighted by Gasteiger charge is 2.48. The summed E-state index contributed by atoms with van der Waals surface area (Å²) in [5.74, 6) is 0. The highest BCUT2D eigenvalue weighted by molar-refractivity contribution is 4.99. The van der Waals surface area contributed by atoms with E-state index in [0.29, 0.717) is 10.8 Å². The van der Waals surface area contributed by atoms with Gasteiger partial charge in [0.25, 0.3) is 0 Å². The molecule has 0 radical (unpaired) electrons. The van der Waals surface area contributed by atoms with Gasteiger partial charge in [-0.3, -0.25) is 0 Å². The first-order valence-corrected chi connectivity index (χ1v) is 6.55. The molecular weight excluding hydrogens is 202 g/mol. The SMILES string of the molecule is COCC1(CN2CCC3(CCOC3)C2)CC1. The molecule has 16 heavy (non-hydrogen) atoms. The highest BCUT2D eigenvalue weighted by atomic mass is 16.5. The van der Waals surface area contributed by atoms with Gasteiger partial charge in [-0.15, -0.1) is 0 Å². The van der Waals surface area contributed by atoms with Crippen LogP contribution < -0.4 is 0 Å². The van der Waals surface area contributed by atoms with Crippen LogP contribution in [0.4, 0.5) is 0 Å². The van der Waals surface area contributed by atoms with Gasteiger partial charge in [-0.2, -0.15) is 0 Å². The number of rotatable bonds is 4. The second-order valence-electron chi connectivity index (χ2n) is 6.20. The summed E-state index contributed by atoms with van der Waals surface area (Å²) in [6.07, 6.45) is 5.35. The van der Waals surface area contributed by atoms with Gasteiger partial charge in [0, 0.05) is 37.6 Å². The molecule has 0 aromatic heterocycles. The van der Waals surface area contributed by atoms with Gasteiger partial charge in [0.1, 0.15) is 0 Å². The van der Waals surface area contributed by atoms with E-state index >= 15 is 0 Å². The van der Waals surface area contributed by atoms with Crippen LogP contribution in [0.2, 0.25) is 0 Å². The average molecular weight is 225 g/mol. The lowest BCUT2D eigenvalue weighted by Crippen LogP contribution is -2.33. The van der Waals surface area contributed by atoms with E-state index in [1.54, 1.807) is 0 Å². The van der Waals surface area contributed by atoms with Crippen LogP contribution in [0.15, 0.2) is 0 Å². The van der Waals surface area contributed by atoms with Crippen molar-refractivity contribution in [3.05, 3.63) is 0 Å². The Labute approximate surface area is 98.1 Å². The fraction of sp³-hybridized carbons (Fsp3) is 1.00. The topological polar surface area (TPSA) is 21.7 Å². The third-order valence-corrected chi connectivity index (χ3v) is 4.67. The standard InChI is InChI=1S/C13H23NO2/c1-15-10-12(2-3-12)8-14-6-4-13(9-14)5-7-16-11-13/h2-11H2,1H3. The van der Waals surface area contributed by atoms with Gasteiger partial charge in [-0.05, 0) is 32.2 Å². The fourth-order valence-corrected chi connectivity index (χ4v) is 3.44. The molecule has 2 aliphatic heterocycles. The predicted molar refractivity (Wildman–Crippen MR) is 62.5 cm³/mol. The molecule has 2 saturated heterocycles. The minimum absolute atomic E-state index is 0.514. The second kappa shape index (κ2) is 3.97. The summed E-state index contributed by atoms with van der Waals surface area (Å²) in [7, 11) is 1.83. The lowest BCUT2D eigenvalue weighted by atomic mass is 9.87. The Balaban J connectivity index is 1.54. The van der Waals surface area contributed by atoms with Gasteiger partial charge in [0.05, 0.1) is 13.2 Å². The van der Waals surface area contributed by atoms with E-state index in [1.807, 2.05) is 7.11 Å². The summed E-state index contributed by atoms with van der Waals surface area (Å²) < 4.78 is 10.9. The second-order valence-corrected chi connectivity index (χ2v) is 6.20. The van der Waals surface area contributed by atoms with Crippen molar-refractivity contribution in [3.8, 4) is 0 Å². The molecule has 0 amide bonds. The molecule has 1 saturated carbocycles. The van der Waals surface area contributed by atoms with Gasteiger partial charge in [-0.1, -0.05) is 0 Å².